The van der Waals surface area contributed by atoms with E-state index in [2.05, 4.69) is 10.6 Å². The van der Waals surface area contributed by atoms with E-state index in [1.54, 1.807) is 6.07 Å². The van der Waals surface area contributed by atoms with Gasteiger partial charge in [0.2, 0.25) is 0 Å². The summed E-state index contributed by atoms with van der Waals surface area (Å²) in [6.45, 7) is 0.236. The molecule has 0 aliphatic heterocycles. The molecule has 0 unspecified atom stereocenters. The molecule has 2 atom stereocenters. The Balaban J connectivity index is 2.22. The predicted molar refractivity (Wildman–Crippen MR) is 93.8 cm³/mol. The van der Waals surface area contributed by atoms with Gasteiger partial charge in [0, 0.05) is 36.2 Å². The van der Waals surface area contributed by atoms with Gasteiger partial charge in [0.05, 0.1) is 11.3 Å². The molecule has 2 rings (SSSR count). The maximum absolute atomic E-state index is 11.6. The highest BCUT2D eigenvalue weighted by Crippen LogP contribution is 2.25. The minimum absolute atomic E-state index is 0.138. The number of anilines is 2. The Morgan fingerprint density at radius 3 is 2.65 bits per heavy atom. The normalized spacial score (nSPS) is 21.7. The maximum atomic E-state index is 11.6. The molecule has 7 heteroatoms. The molecule has 1 aromatic rings. The first-order chi connectivity index (χ1) is 11.0. The average Bonchev–Trinajstić information content (AvgIpc) is 2.54. The van der Waals surface area contributed by atoms with Crippen molar-refractivity contribution in [3.63, 3.8) is 0 Å². The topological polar surface area (TPSA) is 145 Å². The molecule has 23 heavy (non-hydrogen) atoms. The lowest BCUT2D eigenvalue weighted by atomic mass is 9.91. The zero-order valence-electron chi connectivity index (χ0n) is 13.2. The Morgan fingerprint density at radius 2 is 2.04 bits per heavy atom. The van der Waals surface area contributed by atoms with Crippen LogP contribution in [0.3, 0.4) is 0 Å². The lowest BCUT2D eigenvalue weighted by molar-refractivity contribution is 0.100. The average molecular weight is 318 g/mol. The van der Waals surface area contributed by atoms with E-state index in [1.165, 1.54) is 19.0 Å². The number of benzene rings is 1. The second-order valence-corrected chi connectivity index (χ2v) is 5.84. The maximum Gasteiger partial charge on any atom is 0.250 e. The highest BCUT2D eigenvalue weighted by molar-refractivity contribution is 5.99. The third-order valence-electron chi connectivity index (χ3n) is 4.17. The Hall–Kier alpha value is -2.25. The van der Waals surface area contributed by atoms with Gasteiger partial charge in [-0.3, -0.25) is 4.79 Å². The summed E-state index contributed by atoms with van der Waals surface area (Å²) in [7, 11) is 0. The van der Waals surface area contributed by atoms with Gasteiger partial charge in [-0.15, -0.1) is 0 Å². The monoisotopic (exact) mass is 318 g/mol. The van der Waals surface area contributed by atoms with Gasteiger partial charge in [-0.05, 0) is 31.0 Å². The van der Waals surface area contributed by atoms with Crippen LogP contribution in [-0.4, -0.2) is 24.5 Å². The van der Waals surface area contributed by atoms with Crippen LogP contribution in [0.15, 0.2) is 30.1 Å². The van der Waals surface area contributed by atoms with Gasteiger partial charge in [-0.1, -0.05) is 12.8 Å². The summed E-state index contributed by atoms with van der Waals surface area (Å²) >= 11 is 0. The zero-order valence-corrected chi connectivity index (χ0v) is 13.2. The summed E-state index contributed by atoms with van der Waals surface area (Å²) in [5, 5.41) is 6.50. The Bertz CT molecular complexity index is 586. The first-order valence-corrected chi connectivity index (χ1v) is 7.89. The molecule has 0 bridgehead atoms. The number of primary amides is 1. The molecule has 1 saturated carbocycles. The van der Waals surface area contributed by atoms with Gasteiger partial charge < -0.3 is 33.6 Å². The van der Waals surface area contributed by atoms with Crippen LogP contribution in [0.5, 0.6) is 0 Å². The molecule has 0 spiro atoms. The SMILES string of the molecule is N/C=C(\CN)Nc1cc(N[C@@H]2CCCC[C@@H]2N)ccc1C(N)=O. The van der Waals surface area contributed by atoms with E-state index in [0.717, 1.165) is 18.5 Å². The van der Waals surface area contributed by atoms with E-state index in [1.807, 2.05) is 12.1 Å². The highest BCUT2D eigenvalue weighted by atomic mass is 16.1. The molecule has 10 N–H and O–H groups in total. The number of hydrogen-bond donors (Lipinski definition) is 6. The smallest absolute Gasteiger partial charge is 0.250 e. The van der Waals surface area contributed by atoms with E-state index in [0.29, 0.717) is 16.9 Å². The molecule has 1 amide bonds. The number of nitrogens with two attached hydrogens (primary N) is 4. The summed E-state index contributed by atoms with van der Waals surface area (Å²) in [4.78, 5) is 11.6. The summed E-state index contributed by atoms with van der Waals surface area (Å²) in [5.74, 6) is -0.512. The van der Waals surface area contributed by atoms with Crippen molar-refractivity contribution in [3.8, 4) is 0 Å². The van der Waals surface area contributed by atoms with E-state index in [4.69, 9.17) is 22.9 Å². The Kier molecular flexibility index (Phi) is 5.84. The Morgan fingerprint density at radius 1 is 1.30 bits per heavy atom. The van der Waals surface area contributed by atoms with Crippen LogP contribution in [0.2, 0.25) is 0 Å². The summed E-state index contributed by atoms with van der Waals surface area (Å²) in [5.41, 5.74) is 25.2. The number of rotatable bonds is 6. The highest BCUT2D eigenvalue weighted by Gasteiger charge is 2.22. The molecule has 1 aliphatic rings. The van der Waals surface area contributed by atoms with Gasteiger partial charge in [-0.25, -0.2) is 0 Å². The van der Waals surface area contributed by atoms with Crippen LogP contribution in [0.4, 0.5) is 11.4 Å². The quantitative estimate of drug-likeness (QED) is 0.454. The number of carbonyl (C=O) groups is 1. The second-order valence-electron chi connectivity index (χ2n) is 5.84. The van der Waals surface area contributed by atoms with Crippen molar-refractivity contribution in [1.29, 1.82) is 0 Å². The van der Waals surface area contributed by atoms with Gasteiger partial charge in [0.1, 0.15) is 0 Å². The van der Waals surface area contributed by atoms with Crippen molar-refractivity contribution in [2.45, 2.75) is 37.8 Å². The lowest BCUT2D eigenvalue weighted by Crippen LogP contribution is -2.42. The Labute approximate surface area is 136 Å². The minimum Gasteiger partial charge on any atom is -0.403 e. The molecule has 1 aromatic carbocycles. The fraction of sp³-hybridized carbons (Fsp3) is 0.438. The van der Waals surface area contributed by atoms with E-state index in [9.17, 15) is 4.79 Å². The fourth-order valence-corrected chi connectivity index (χ4v) is 2.84. The lowest BCUT2D eigenvalue weighted by Gasteiger charge is -2.30. The van der Waals surface area contributed by atoms with Crippen LogP contribution in [0.1, 0.15) is 36.0 Å². The molecular formula is C16H26N6O. The van der Waals surface area contributed by atoms with Crippen LogP contribution >= 0.6 is 0 Å². The van der Waals surface area contributed by atoms with Crippen LogP contribution < -0.4 is 33.6 Å². The molecule has 1 aliphatic carbocycles. The van der Waals surface area contributed by atoms with Crippen LogP contribution in [0, 0.1) is 0 Å². The van der Waals surface area contributed by atoms with Crippen LogP contribution in [-0.2, 0) is 0 Å². The molecule has 7 nitrogen and oxygen atoms in total. The van der Waals surface area contributed by atoms with Crippen molar-refractivity contribution >= 4 is 17.3 Å². The number of nitrogens with one attached hydrogen (secondary N) is 2. The molecule has 126 valence electrons. The first kappa shape index (κ1) is 17.1. The first-order valence-electron chi connectivity index (χ1n) is 7.89. The minimum atomic E-state index is -0.512. The van der Waals surface area contributed by atoms with Gasteiger partial charge in [0.15, 0.2) is 0 Å². The molecule has 0 heterocycles. The van der Waals surface area contributed by atoms with Gasteiger partial charge in [-0.2, -0.15) is 0 Å². The molecule has 0 saturated heterocycles. The van der Waals surface area contributed by atoms with E-state index in [-0.39, 0.29) is 18.6 Å². The predicted octanol–water partition coefficient (Wildman–Crippen LogP) is 0.638. The number of hydrogen-bond acceptors (Lipinski definition) is 6. The van der Waals surface area contributed by atoms with Crippen molar-refractivity contribution in [3.05, 3.63) is 35.7 Å². The number of amides is 1. The largest absolute Gasteiger partial charge is 0.403 e. The van der Waals surface area contributed by atoms with Crippen molar-refractivity contribution < 1.29 is 4.79 Å². The molecule has 1 fully saturated rings. The standard InChI is InChI=1S/C16H26N6O/c17-8-11(9-18)22-15-7-10(5-6-12(15)16(20)23)21-14-4-2-1-3-13(14)19/h5-8,13-14,21-22H,1-4,9,17-19H2,(H2,20,23)/b11-8+/t13-,14+/m0/s1. The molecule has 0 aromatic heterocycles. The van der Waals surface area contributed by atoms with Crippen molar-refractivity contribution in [1.82, 2.24) is 0 Å². The third kappa shape index (κ3) is 4.37. The van der Waals surface area contributed by atoms with E-state index >= 15 is 0 Å². The molecular weight excluding hydrogens is 292 g/mol. The summed E-state index contributed by atoms with van der Waals surface area (Å²) in [6.07, 6.45) is 5.78. The third-order valence-corrected chi connectivity index (χ3v) is 4.17. The van der Waals surface area contributed by atoms with Crippen molar-refractivity contribution in [2.24, 2.45) is 22.9 Å². The number of carbonyl (C=O) groups excluding carboxylic acids is 1. The van der Waals surface area contributed by atoms with Gasteiger partial charge >= 0.3 is 0 Å². The van der Waals surface area contributed by atoms with Crippen LogP contribution in [0.25, 0.3) is 0 Å². The van der Waals surface area contributed by atoms with E-state index < -0.39 is 5.91 Å². The van der Waals surface area contributed by atoms with Gasteiger partial charge in [0.25, 0.3) is 5.91 Å². The molecule has 0 radical (unpaired) electrons. The fourth-order valence-electron chi connectivity index (χ4n) is 2.84. The second kappa shape index (κ2) is 7.85. The zero-order chi connectivity index (χ0) is 16.8. The summed E-state index contributed by atoms with van der Waals surface area (Å²) < 4.78 is 0. The van der Waals surface area contributed by atoms with Crippen molar-refractivity contribution in [2.75, 3.05) is 17.2 Å². The summed E-state index contributed by atoms with van der Waals surface area (Å²) in [6, 6.07) is 5.72.